The molecule has 0 aliphatic heterocycles. The Bertz CT molecular complexity index is 282. The standard InChI is InChI=1S/C12H20BrNOS/c1-3-7-14-10(9-15-4-2)8-11-5-6-12(13)16-11/h5-6,10,14H,3-4,7-9H2,1-2H3. The zero-order chi connectivity index (χ0) is 11.8. The molecule has 1 atom stereocenters. The van der Waals surface area contributed by atoms with Gasteiger partial charge in [-0.25, -0.2) is 0 Å². The molecule has 0 saturated carbocycles. The molecule has 92 valence electrons. The van der Waals surface area contributed by atoms with Crippen molar-refractivity contribution in [3.05, 3.63) is 20.8 Å². The Labute approximate surface area is 111 Å². The van der Waals surface area contributed by atoms with Crippen LogP contribution in [0.2, 0.25) is 0 Å². The summed E-state index contributed by atoms with van der Waals surface area (Å²) in [5, 5.41) is 3.53. The van der Waals surface area contributed by atoms with Gasteiger partial charge >= 0.3 is 0 Å². The molecule has 0 aromatic carbocycles. The third-order valence-electron chi connectivity index (χ3n) is 2.28. The largest absolute Gasteiger partial charge is 0.380 e. The van der Waals surface area contributed by atoms with E-state index in [0.717, 1.165) is 32.6 Å². The molecule has 0 radical (unpaired) electrons. The van der Waals surface area contributed by atoms with E-state index in [9.17, 15) is 0 Å². The van der Waals surface area contributed by atoms with Crippen molar-refractivity contribution < 1.29 is 4.74 Å². The highest BCUT2D eigenvalue weighted by Crippen LogP contribution is 2.23. The van der Waals surface area contributed by atoms with Gasteiger partial charge < -0.3 is 10.1 Å². The summed E-state index contributed by atoms with van der Waals surface area (Å²) in [5.74, 6) is 0. The molecule has 0 saturated heterocycles. The Morgan fingerprint density at radius 1 is 1.44 bits per heavy atom. The van der Waals surface area contributed by atoms with E-state index in [1.54, 1.807) is 11.3 Å². The van der Waals surface area contributed by atoms with Crippen LogP contribution in [0, 0.1) is 0 Å². The molecule has 1 N–H and O–H groups in total. The summed E-state index contributed by atoms with van der Waals surface area (Å²) < 4.78 is 6.70. The first-order valence-electron chi connectivity index (χ1n) is 5.81. The van der Waals surface area contributed by atoms with Gasteiger partial charge in [0.1, 0.15) is 0 Å². The van der Waals surface area contributed by atoms with Crippen molar-refractivity contribution in [1.29, 1.82) is 0 Å². The molecule has 0 amide bonds. The van der Waals surface area contributed by atoms with Crippen LogP contribution in [0.1, 0.15) is 25.1 Å². The summed E-state index contributed by atoms with van der Waals surface area (Å²) in [6, 6.07) is 4.73. The fourth-order valence-electron chi connectivity index (χ4n) is 1.50. The highest BCUT2D eigenvalue weighted by Gasteiger charge is 2.10. The third-order valence-corrected chi connectivity index (χ3v) is 3.93. The smallest absolute Gasteiger partial charge is 0.0701 e. The van der Waals surface area contributed by atoms with Gasteiger partial charge in [0, 0.05) is 17.5 Å². The molecule has 0 bridgehead atoms. The van der Waals surface area contributed by atoms with Crippen LogP contribution in [0.4, 0.5) is 0 Å². The van der Waals surface area contributed by atoms with Gasteiger partial charge in [-0.3, -0.25) is 0 Å². The van der Waals surface area contributed by atoms with Gasteiger partial charge in [-0.2, -0.15) is 0 Å². The second-order valence-corrected chi connectivity index (χ2v) is 6.27. The van der Waals surface area contributed by atoms with E-state index < -0.39 is 0 Å². The van der Waals surface area contributed by atoms with Crippen molar-refractivity contribution >= 4 is 27.3 Å². The number of rotatable bonds is 8. The molecular formula is C12H20BrNOS. The molecule has 0 spiro atoms. The van der Waals surface area contributed by atoms with Crippen molar-refractivity contribution in [3.8, 4) is 0 Å². The monoisotopic (exact) mass is 305 g/mol. The van der Waals surface area contributed by atoms with Gasteiger partial charge in [0.25, 0.3) is 0 Å². The second-order valence-electron chi connectivity index (χ2n) is 3.72. The lowest BCUT2D eigenvalue weighted by molar-refractivity contribution is 0.123. The summed E-state index contributed by atoms with van der Waals surface area (Å²) in [4.78, 5) is 1.40. The van der Waals surface area contributed by atoms with Crippen LogP contribution < -0.4 is 5.32 Å². The lowest BCUT2D eigenvalue weighted by atomic mass is 10.2. The average molecular weight is 306 g/mol. The Morgan fingerprint density at radius 2 is 2.25 bits per heavy atom. The fourth-order valence-corrected chi connectivity index (χ4v) is 3.07. The lowest BCUT2D eigenvalue weighted by Gasteiger charge is -2.17. The van der Waals surface area contributed by atoms with E-state index in [-0.39, 0.29) is 0 Å². The van der Waals surface area contributed by atoms with Crippen LogP contribution in [0.15, 0.2) is 15.9 Å². The predicted octanol–water partition coefficient (Wildman–Crippen LogP) is 3.46. The molecule has 0 aliphatic rings. The molecule has 1 heterocycles. The molecule has 2 nitrogen and oxygen atoms in total. The van der Waals surface area contributed by atoms with Crippen LogP contribution in [0.3, 0.4) is 0 Å². The van der Waals surface area contributed by atoms with Crippen molar-refractivity contribution in [3.63, 3.8) is 0 Å². The lowest BCUT2D eigenvalue weighted by Crippen LogP contribution is -2.35. The van der Waals surface area contributed by atoms with E-state index in [1.807, 2.05) is 6.92 Å². The molecule has 1 rings (SSSR count). The Balaban J connectivity index is 2.41. The van der Waals surface area contributed by atoms with Gasteiger partial charge in [-0.05, 0) is 54.4 Å². The van der Waals surface area contributed by atoms with Gasteiger partial charge in [0.05, 0.1) is 10.4 Å². The molecule has 4 heteroatoms. The van der Waals surface area contributed by atoms with Gasteiger partial charge in [-0.1, -0.05) is 6.92 Å². The van der Waals surface area contributed by atoms with Crippen LogP contribution in [-0.2, 0) is 11.2 Å². The molecule has 1 aromatic heterocycles. The molecular weight excluding hydrogens is 286 g/mol. The number of thiophene rings is 1. The molecule has 1 unspecified atom stereocenters. The van der Waals surface area contributed by atoms with Gasteiger partial charge in [0.15, 0.2) is 0 Å². The minimum atomic E-state index is 0.436. The van der Waals surface area contributed by atoms with Gasteiger partial charge in [0.2, 0.25) is 0 Å². The third kappa shape index (κ3) is 5.43. The van der Waals surface area contributed by atoms with E-state index >= 15 is 0 Å². The number of nitrogens with one attached hydrogen (secondary N) is 1. The summed E-state index contributed by atoms with van der Waals surface area (Å²) >= 11 is 5.30. The Kier molecular flexibility index (Phi) is 7.28. The SMILES string of the molecule is CCCNC(COCC)Cc1ccc(Br)s1. The summed E-state index contributed by atoms with van der Waals surface area (Å²) in [6.07, 6.45) is 2.22. The second kappa shape index (κ2) is 8.23. The van der Waals surface area contributed by atoms with Crippen LogP contribution in [0.25, 0.3) is 0 Å². The van der Waals surface area contributed by atoms with Crippen molar-refractivity contribution in [2.75, 3.05) is 19.8 Å². The quantitative estimate of drug-likeness (QED) is 0.794. The summed E-state index contributed by atoms with van der Waals surface area (Å²) in [5.41, 5.74) is 0. The summed E-state index contributed by atoms with van der Waals surface area (Å²) in [6.45, 7) is 6.87. The summed E-state index contributed by atoms with van der Waals surface area (Å²) in [7, 11) is 0. The Morgan fingerprint density at radius 3 is 2.81 bits per heavy atom. The first-order valence-corrected chi connectivity index (χ1v) is 7.42. The maximum absolute atomic E-state index is 5.50. The van der Waals surface area contributed by atoms with Crippen LogP contribution in [-0.4, -0.2) is 25.8 Å². The highest BCUT2D eigenvalue weighted by molar-refractivity contribution is 9.11. The minimum absolute atomic E-state index is 0.436. The van der Waals surface area contributed by atoms with Crippen LogP contribution >= 0.6 is 27.3 Å². The number of hydrogen-bond acceptors (Lipinski definition) is 3. The molecule has 0 fully saturated rings. The van der Waals surface area contributed by atoms with E-state index in [2.05, 4.69) is 40.3 Å². The van der Waals surface area contributed by atoms with Gasteiger partial charge in [-0.15, -0.1) is 11.3 Å². The minimum Gasteiger partial charge on any atom is -0.380 e. The number of ether oxygens (including phenoxy) is 1. The number of hydrogen-bond donors (Lipinski definition) is 1. The first kappa shape index (κ1) is 14.2. The van der Waals surface area contributed by atoms with E-state index in [1.165, 1.54) is 8.66 Å². The first-order chi connectivity index (χ1) is 7.76. The van der Waals surface area contributed by atoms with Crippen molar-refractivity contribution in [2.45, 2.75) is 32.7 Å². The predicted molar refractivity (Wildman–Crippen MR) is 74.3 cm³/mol. The topological polar surface area (TPSA) is 21.3 Å². The molecule has 0 aliphatic carbocycles. The maximum Gasteiger partial charge on any atom is 0.0701 e. The van der Waals surface area contributed by atoms with Crippen molar-refractivity contribution in [2.24, 2.45) is 0 Å². The highest BCUT2D eigenvalue weighted by atomic mass is 79.9. The van der Waals surface area contributed by atoms with Crippen LogP contribution in [0.5, 0.6) is 0 Å². The normalized spacial score (nSPS) is 12.9. The van der Waals surface area contributed by atoms with E-state index in [4.69, 9.17) is 4.74 Å². The number of halogens is 1. The molecule has 16 heavy (non-hydrogen) atoms. The fraction of sp³-hybridized carbons (Fsp3) is 0.667. The average Bonchev–Trinajstić information content (AvgIpc) is 2.68. The zero-order valence-electron chi connectivity index (χ0n) is 9.96. The Hall–Kier alpha value is 0.1000. The molecule has 1 aromatic rings. The maximum atomic E-state index is 5.50. The van der Waals surface area contributed by atoms with E-state index in [0.29, 0.717) is 6.04 Å². The zero-order valence-corrected chi connectivity index (χ0v) is 12.4. The van der Waals surface area contributed by atoms with Crippen molar-refractivity contribution in [1.82, 2.24) is 5.32 Å².